The second kappa shape index (κ2) is 5.65. The van der Waals surface area contributed by atoms with Crippen molar-refractivity contribution in [3.8, 4) is 0 Å². The van der Waals surface area contributed by atoms with E-state index in [0.29, 0.717) is 11.0 Å². The molecule has 0 aliphatic heterocycles. The van der Waals surface area contributed by atoms with Crippen LogP contribution in [0.3, 0.4) is 0 Å². The normalized spacial score (nSPS) is 11.2. The average molecular weight is 300 g/mol. The highest BCUT2D eigenvalue weighted by Crippen LogP contribution is 2.22. The molecule has 6 heteroatoms. The molecule has 2 aromatic heterocycles. The van der Waals surface area contributed by atoms with Gasteiger partial charge in [0.05, 0.1) is 0 Å². The molecule has 0 spiro atoms. The Bertz CT molecular complexity index is 775. The highest BCUT2D eigenvalue weighted by Gasteiger charge is 2.11. The van der Waals surface area contributed by atoms with Gasteiger partial charge >= 0.3 is 0 Å². The van der Waals surface area contributed by atoms with E-state index < -0.39 is 0 Å². The zero-order chi connectivity index (χ0) is 14.8. The number of para-hydroxylation sites is 1. The predicted octanol–water partition coefficient (Wildman–Crippen LogP) is 3.25. The number of carbonyl (C=O) groups excluding carboxylic acids is 1. The molecule has 1 amide bonds. The summed E-state index contributed by atoms with van der Waals surface area (Å²) in [5.41, 5.74) is 1.05. The minimum atomic E-state index is -0.0946. The summed E-state index contributed by atoms with van der Waals surface area (Å²) in [7, 11) is 0. The lowest BCUT2D eigenvalue weighted by Gasteiger charge is -2.04. The molecular formula is C15H16N4OS. The van der Waals surface area contributed by atoms with Crippen LogP contribution in [0.15, 0.2) is 36.5 Å². The van der Waals surface area contributed by atoms with E-state index in [0.717, 1.165) is 15.9 Å². The van der Waals surface area contributed by atoms with Crippen molar-refractivity contribution >= 4 is 33.3 Å². The predicted molar refractivity (Wildman–Crippen MR) is 84.6 cm³/mol. The summed E-state index contributed by atoms with van der Waals surface area (Å²) in [5.74, 6) is 0.226. The third-order valence-corrected chi connectivity index (χ3v) is 4.31. The summed E-state index contributed by atoms with van der Waals surface area (Å²) < 4.78 is 1.93. The lowest BCUT2D eigenvalue weighted by molar-refractivity contribution is -0.116. The van der Waals surface area contributed by atoms with E-state index in [1.807, 2.05) is 41.1 Å². The largest absolute Gasteiger partial charge is 0.338 e. The number of amides is 1. The van der Waals surface area contributed by atoms with Gasteiger partial charge in [-0.15, -0.1) is 10.2 Å². The summed E-state index contributed by atoms with van der Waals surface area (Å²) in [5, 5.41) is 13.5. The van der Waals surface area contributed by atoms with Crippen molar-refractivity contribution in [2.45, 2.75) is 26.3 Å². The maximum absolute atomic E-state index is 12.1. The zero-order valence-corrected chi connectivity index (χ0v) is 12.7. The Balaban J connectivity index is 1.71. The van der Waals surface area contributed by atoms with Crippen molar-refractivity contribution in [3.63, 3.8) is 0 Å². The average Bonchev–Trinajstić information content (AvgIpc) is 3.07. The van der Waals surface area contributed by atoms with Crippen LogP contribution in [0.1, 0.15) is 24.8 Å². The topological polar surface area (TPSA) is 59.8 Å². The number of aromatic nitrogens is 3. The smallest absolute Gasteiger partial charge is 0.246 e. The molecule has 3 rings (SSSR count). The van der Waals surface area contributed by atoms with E-state index in [2.05, 4.69) is 29.4 Å². The molecule has 5 nitrogen and oxygen atoms in total. The Hall–Kier alpha value is -2.21. The molecule has 0 radical (unpaired) electrons. The van der Waals surface area contributed by atoms with Gasteiger partial charge in [-0.2, -0.15) is 0 Å². The maximum Gasteiger partial charge on any atom is 0.246 e. The van der Waals surface area contributed by atoms with Crippen LogP contribution in [0, 0.1) is 0 Å². The third kappa shape index (κ3) is 2.95. The van der Waals surface area contributed by atoms with E-state index in [4.69, 9.17) is 0 Å². The number of hydrogen-bond acceptors (Lipinski definition) is 4. The standard InChI is InChI=1S/C15H16N4OS/c1-10(2)14-17-18-15(21-14)16-13(20)9-19-8-7-11-5-3-4-6-12(11)19/h3-8,10H,9H2,1-2H3,(H,16,18,20). The van der Waals surface area contributed by atoms with Crippen molar-refractivity contribution in [3.05, 3.63) is 41.5 Å². The molecule has 1 aromatic carbocycles. The first-order valence-corrected chi connectivity index (χ1v) is 7.62. The van der Waals surface area contributed by atoms with Crippen molar-refractivity contribution in [2.24, 2.45) is 0 Å². The molecule has 0 saturated carbocycles. The number of nitrogens with zero attached hydrogens (tertiary/aromatic N) is 3. The minimum Gasteiger partial charge on any atom is -0.338 e. The van der Waals surface area contributed by atoms with E-state index in [9.17, 15) is 4.79 Å². The van der Waals surface area contributed by atoms with Crippen LogP contribution in [0.25, 0.3) is 10.9 Å². The van der Waals surface area contributed by atoms with Crippen LogP contribution in [0.5, 0.6) is 0 Å². The zero-order valence-electron chi connectivity index (χ0n) is 11.9. The lowest BCUT2D eigenvalue weighted by Crippen LogP contribution is -2.18. The molecule has 0 aliphatic rings. The summed E-state index contributed by atoms with van der Waals surface area (Å²) in [6.45, 7) is 4.38. The molecule has 0 bridgehead atoms. The van der Waals surface area contributed by atoms with Gasteiger partial charge in [-0.25, -0.2) is 0 Å². The summed E-state index contributed by atoms with van der Waals surface area (Å²) in [6.07, 6.45) is 1.92. The SMILES string of the molecule is CC(C)c1nnc(NC(=O)Cn2ccc3ccccc32)s1. The first-order valence-electron chi connectivity index (χ1n) is 6.80. The number of benzene rings is 1. The van der Waals surface area contributed by atoms with Gasteiger partial charge in [0.15, 0.2) is 0 Å². The summed E-state index contributed by atoms with van der Waals surface area (Å²) in [6, 6.07) is 10.00. The monoisotopic (exact) mass is 300 g/mol. The molecule has 0 aliphatic carbocycles. The third-order valence-electron chi connectivity index (χ3n) is 3.18. The molecule has 2 heterocycles. The first kappa shape index (κ1) is 13.8. The van der Waals surface area contributed by atoms with Gasteiger partial charge in [0.25, 0.3) is 0 Å². The Labute approximate surface area is 126 Å². The van der Waals surface area contributed by atoms with E-state index in [1.54, 1.807) is 0 Å². The van der Waals surface area contributed by atoms with Gasteiger partial charge in [-0.3, -0.25) is 10.1 Å². The van der Waals surface area contributed by atoms with Gasteiger partial charge in [-0.05, 0) is 17.5 Å². The van der Waals surface area contributed by atoms with Crippen molar-refractivity contribution < 1.29 is 4.79 Å². The quantitative estimate of drug-likeness (QED) is 0.804. The van der Waals surface area contributed by atoms with Crippen molar-refractivity contribution in [1.29, 1.82) is 0 Å². The van der Waals surface area contributed by atoms with Crippen LogP contribution < -0.4 is 5.32 Å². The Morgan fingerprint density at radius 1 is 1.29 bits per heavy atom. The van der Waals surface area contributed by atoms with Crippen LogP contribution >= 0.6 is 11.3 Å². The fourth-order valence-electron chi connectivity index (χ4n) is 2.11. The molecule has 0 atom stereocenters. The van der Waals surface area contributed by atoms with Gasteiger partial charge in [0.2, 0.25) is 11.0 Å². The van der Waals surface area contributed by atoms with Crippen LogP contribution in [0.4, 0.5) is 5.13 Å². The van der Waals surface area contributed by atoms with E-state index >= 15 is 0 Å². The fourth-order valence-corrected chi connectivity index (χ4v) is 2.87. The van der Waals surface area contributed by atoms with Crippen LogP contribution in [0.2, 0.25) is 0 Å². The number of nitrogens with one attached hydrogen (secondary N) is 1. The Morgan fingerprint density at radius 3 is 2.86 bits per heavy atom. The highest BCUT2D eigenvalue weighted by atomic mass is 32.1. The van der Waals surface area contributed by atoms with Gasteiger partial charge in [0, 0.05) is 17.6 Å². The Kier molecular flexibility index (Phi) is 3.70. The van der Waals surface area contributed by atoms with Crippen molar-refractivity contribution in [1.82, 2.24) is 14.8 Å². The number of hydrogen-bond donors (Lipinski definition) is 1. The molecule has 108 valence electrons. The Morgan fingerprint density at radius 2 is 2.10 bits per heavy atom. The summed E-state index contributed by atoms with van der Waals surface area (Å²) >= 11 is 1.42. The highest BCUT2D eigenvalue weighted by molar-refractivity contribution is 7.15. The first-order chi connectivity index (χ1) is 10.1. The number of carbonyl (C=O) groups is 1. The lowest BCUT2D eigenvalue weighted by atomic mass is 10.2. The van der Waals surface area contributed by atoms with Crippen LogP contribution in [-0.2, 0) is 11.3 Å². The van der Waals surface area contributed by atoms with Crippen LogP contribution in [-0.4, -0.2) is 20.7 Å². The fraction of sp³-hybridized carbons (Fsp3) is 0.267. The minimum absolute atomic E-state index is 0.0946. The number of fused-ring (bicyclic) bond motifs is 1. The second-order valence-corrected chi connectivity index (χ2v) is 6.16. The molecular weight excluding hydrogens is 284 g/mol. The molecule has 1 N–H and O–H groups in total. The molecule has 21 heavy (non-hydrogen) atoms. The maximum atomic E-state index is 12.1. The van der Waals surface area contributed by atoms with Gasteiger partial charge in [-0.1, -0.05) is 43.4 Å². The molecule has 0 saturated heterocycles. The van der Waals surface area contributed by atoms with Crippen molar-refractivity contribution in [2.75, 3.05) is 5.32 Å². The number of anilines is 1. The van der Waals surface area contributed by atoms with Gasteiger partial charge < -0.3 is 4.57 Å². The van der Waals surface area contributed by atoms with E-state index in [1.165, 1.54) is 11.3 Å². The molecule has 0 unspecified atom stereocenters. The molecule has 3 aromatic rings. The summed E-state index contributed by atoms with van der Waals surface area (Å²) in [4.78, 5) is 12.1. The molecule has 0 fully saturated rings. The van der Waals surface area contributed by atoms with Gasteiger partial charge in [0.1, 0.15) is 11.6 Å². The van der Waals surface area contributed by atoms with E-state index in [-0.39, 0.29) is 12.5 Å². The second-order valence-electron chi connectivity index (χ2n) is 5.15. The number of rotatable bonds is 4.